The average Bonchev–Trinajstić information content (AvgIpc) is 2.96. The molecule has 120 valence electrons. The van der Waals surface area contributed by atoms with E-state index in [4.69, 9.17) is 5.11 Å². The molecular weight excluding hydrogens is 290 g/mol. The Labute approximate surface area is 136 Å². The lowest BCUT2D eigenvalue weighted by atomic mass is 10.0. The lowest BCUT2D eigenvalue weighted by molar-refractivity contribution is 0.0699. The largest absolute Gasteiger partial charge is 0.396 e. The maximum Gasteiger partial charge on any atom is 0.254 e. The third kappa shape index (κ3) is 3.44. The minimum atomic E-state index is -0.501. The van der Waals surface area contributed by atoms with Gasteiger partial charge in [0.1, 0.15) is 0 Å². The number of nitrogens with zero attached hydrogens (tertiary/aromatic N) is 1. The first-order chi connectivity index (χ1) is 11.2. The van der Waals surface area contributed by atoms with E-state index in [0.29, 0.717) is 24.9 Å². The van der Waals surface area contributed by atoms with Crippen LogP contribution in [-0.2, 0) is 0 Å². The molecule has 0 spiro atoms. The van der Waals surface area contributed by atoms with Gasteiger partial charge in [-0.25, -0.2) is 0 Å². The number of β-amino-alcohol motifs (C(OH)–C–C–N with tert-alkyl or cyclic N) is 1. The highest BCUT2D eigenvalue weighted by molar-refractivity contribution is 5.95. The SMILES string of the molecule is O=C(c1ccc(-c2ccccc2)cc1)N1C[C@@H](O)C[C@H]1CCO. The van der Waals surface area contributed by atoms with Gasteiger partial charge in [0, 0.05) is 24.8 Å². The predicted molar refractivity (Wildman–Crippen MR) is 89.0 cm³/mol. The lowest BCUT2D eigenvalue weighted by Crippen LogP contribution is -2.36. The number of hydrogen-bond donors (Lipinski definition) is 2. The Hall–Kier alpha value is -2.17. The summed E-state index contributed by atoms with van der Waals surface area (Å²) in [4.78, 5) is 14.3. The molecule has 0 unspecified atom stereocenters. The summed E-state index contributed by atoms with van der Waals surface area (Å²) in [5.74, 6) is -0.0837. The third-order valence-corrected chi connectivity index (χ3v) is 4.35. The van der Waals surface area contributed by atoms with Crippen LogP contribution in [-0.4, -0.2) is 46.3 Å². The number of aliphatic hydroxyl groups excluding tert-OH is 2. The predicted octanol–water partition coefficient (Wildman–Crippen LogP) is 2.31. The highest BCUT2D eigenvalue weighted by Crippen LogP contribution is 2.24. The molecule has 4 heteroatoms. The molecule has 2 aromatic carbocycles. The van der Waals surface area contributed by atoms with Crippen molar-refractivity contribution in [2.75, 3.05) is 13.2 Å². The number of carbonyl (C=O) groups is 1. The van der Waals surface area contributed by atoms with Crippen molar-refractivity contribution in [1.82, 2.24) is 4.90 Å². The average molecular weight is 311 g/mol. The van der Waals surface area contributed by atoms with Gasteiger partial charge >= 0.3 is 0 Å². The maximum absolute atomic E-state index is 12.7. The van der Waals surface area contributed by atoms with Gasteiger partial charge in [-0.1, -0.05) is 42.5 Å². The standard InChI is InChI=1S/C19H21NO3/c21-11-10-17-12-18(22)13-20(17)19(23)16-8-6-15(7-9-16)14-4-2-1-3-5-14/h1-9,17-18,21-22H,10-13H2/t17-,18+/m1/s1. The first-order valence-corrected chi connectivity index (χ1v) is 7.94. The Morgan fingerprint density at radius 3 is 2.35 bits per heavy atom. The Kier molecular flexibility index (Phi) is 4.74. The van der Waals surface area contributed by atoms with Crippen LogP contribution in [0.15, 0.2) is 54.6 Å². The quantitative estimate of drug-likeness (QED) is 0.911. The van der Waals surface area contributed by atoms with E-state index in [2.05, 4.69) is 0 Å². The first kappa shape index (κ1) is 15.7. The number of benzene rings is 2. The van der Waals surface area contributed by atoms with Crippen molar-refractivity contribution >= 4 is 5.91 Å². The van der Waals surface area contributed by atoms with Gasteiger partial charge < -0.3 is 15.1 Å². The molecule has 2 atom stereocenters. The van der Waals surface area contributed by atoms with E-state index in [1.807, 2.05) is 54.6 Å². The molecule has 0 aromatic heterocycles. The second kappa shape index (κ2) is 6.94. The van der Waals surface area contributed by atoms with Crippen molar-refractivity contribution in [3.8, 4) is 11.1 Å². The smallest absolute Gasteiger partial charge is 0.254 e. The molecule has 0 bridgehead atoms. The van der Waals surface area contributed by atoms with E-state index >= 15 is 0 Å². The van der Waals surface area contributed by atoms with Crippen molar-refractivity contribution in [2.24, 2.45) is 0 Å². The summed E-state index contributed by atoms with van der Waals surface area (Å²) in [6, 6.07) is 17.5. The van der Waals surface area contributed by atoms with Gasteiger partial charge in [0.2, 0.25) is 0 Å². The van der Waals surface area contributed by atoms with Gasteiger partial charge in [-0.3, -0.25) is 4.79 Å². The van der Waals surface area contributed by atoms with Crippen LogP contribution in [0.5, 0.6) is 0 Å². The normalized spacial score (nSPS) is 20.7. The molecule has 2 N–H and O–H groups in total. The Morgan fingerprint density at radius 1 is 1.04 bits per heavy atom. The molecule has 4 nitrogen and oxygen atoms in total. The number of rotatable bonds is 4. The highest BCUT2D eigenvalue weighted by atomic mass is 16.3. The molecule has 1 saturated heterocycles. The van der Waals surface area contributed by atoms with Crippen LogP contribution >= 0.6 is 0 Å². The molecule has 1 amide bonds. The van der Waals surface area contributed by atoms with E-state index in [0.717, 1.165) is 11.1 Å². The number of aliphatic hydroxyl groups is 2. The van der Waals surface area contributed by atoms with Crippen molar-refractivity contribution in [2.45, 2.75) is 25.0 Å². The van der Waals surface area contributed by atoms with Crippen LogP contribution in [0.1, 0.15) is 23.2 Å². The monoisotopic (exact) mass is 311 g/mol. The second-order valence-electron chi connectivity index (χ2n) is 5.96. The molecule has 1 aliphatic rings. The Balaban J connectivity index is 1.77. The highest BCUT2D eigenvalue weighted by Gasteiger charge is 2.34. The minimum Gasteiger partial charge on any atom is -0.396 e. The van der Waals surface area contributed by atoms with E-state index in [1.54, 1.807) is 4.90 Å². The van der Waals surface area contributed by atoms with Crippen LogP contribution in [0.25, 0.3) is 11.1 Å². The molecule has 3 rings (SSSR count). The van der Waals surface area contributed by atoms with Crippen molar-refractivity contribution in [3.05, 3.63) is 60.2 Å². The number of amides is 1. The van der Waals surface area contributed by atoms with Crippen LogP contribution in [0.4, 0.5) is 0 Å². The van der Waals surface area contributed by atoms with Gasteiger partial charge in [-0.2, -0.15) is 0 Å². The zero-order valence-corrected chi connectivity index (χ0v) is 12.9. The van der Waals surface area contributed by atoms with Crippen molar-refractivity contribution in [3.63, 3.8) is 0 Å². The zero-order valence-electron chi connectivity index (χ0n) is 12.9. The summed E-state index contributed by atoms with van der Waals surface area (Å²) in [6.45, 7) is 0.359. The minimum absolute atomic E-state index is 0.0219. The summed E-state index contributed by atoms with van der Waals surface area (Å²) < 4.78 is 0. The molecule has 0 saturated carbocycles. The fourth-order valence-corrected chi connectivity index (χ4v) is 3.17. The van der Waals surface area contributed by atoms with Crippen LogP contribution in [0, 0.1) is 0 Å². The molecule has 0 radical (unpaired) electrons. The molecule has 1 aliphatic heterocycles. The van der Waals surface area contributed by atoms with E-state index in [9.17, 15) is 9.90 Å². The first-order valence-electron chi connectivity index (χ1n) is 7.94. The fourth-order valence-electron chi connectivity index (χ4n) is 3.17. The van der Waals surface area contributed by atoms with Crippen molar-refractivity contribution in [1.29, 1.82) is 0 Å². The van der Waals surface area contributed by atoms with Gasteiger partial charge in [-0.15, -0.1) is 0 Å². The molecule has 1 heterocycles. The van der Waals surface area contributed by atoms with E-state index < -0.39 is 6.10 Å². The molecular formula is C19H21NO3. The summed E-state index contributed by atoms with van der Waals surface area (Å²) in [6.07, 6.45) is 0.540. The van der Waals surface area contributed by atoms with Gasteiger partial charge in [0.05, 0.1) is 6.10 Å². The molecule has 2 aromatic rings. The van der Waals surface area contributed by atoms with Crippen LogP contribution < -0.4 is 0 Å². The maximum atomic E-state index is 12.7. The fraction of sp³-hybridized carbons (Fsp3) is 0.316. The molecule has 1 fully saturated rings. The Bertz CT molecular complexity index is 654. The van der Waals surface area contributed by atoms with Gasteiger partial charge in [0.25, 0.3) is 5.91 Å². The lowest BCUT2D eigenvalue weighted by Gasteiger charge is -2.24. The summed E-state index contributed by atoms with van der Waals surface area (Å²) in [5, 5.41) is 18.9. The molecule has 23 heavy (non-hydrogen) atoms. The molecule has 0 aliphatic carbocycles. The van der Waals surface area contributed by atoms with Crippen molar-refractivity contribution < 1.29 is 15.0 Å². The van der Waals surface area contributed by atoms with E-state index in [-0.39, 0.29) is 18.6 Å². The second-order valence-corrected chi connectivity index (χ2v) is 5.96. The Morgan fingerprint density at radius 2 is 1.70 bits per heavy atom. The van der Waals surface area contributed by atoms with Crippen LogP contribution in [0.2, 0.25) is 0 Å². The number of likely N-dealkylation sites (tertiary alicyclic amines) is 1. The number of hydrogen-bond acceptors (Lipinski definition) is 3. The zero-order chi connectivity index (χ0) is 16.2. The summed E-state index contributed by atoms with van der Waals surface area (Å²) in [5.41, 5.74) is 2.79. The topological polar surface area (TPSA) is 60.8 Å². The van der Waals surface area contributed by atoms with Crippen LogP contribution in [0.3, 0.4) is 0 Å². The van der Waals surface area contributed by atoms with E-state index in [1.165, 1.54) is 0 Å². The van der Waals surface area contributed by atoms with Gasteiger partial charge in [0.15, 0.2) is 0 Å². The number of carbonyl (C=O) groups excluding carboxylic acids is 1. The summed E-state index contributed by atoms with van der Waals surface area (Å²) >= 11 is 0. The summed E-state index contributed by atoms with van der Waals surface area (Å²) in [7, 11) is 0. The third-order valence-electron chi connectivity index (χ3n) is 4.35. The van der Waals surface area contributed by atoms with Gasteiger partial charge in [-0.05, 0) is 36.1 Å².